The van der Waals surface area contributed by atoms with Crippen LogP contribution < -0.4 is 11.5 Å². The van der Waals surface area contributed by atoms with Crippen LogP contribution in [-0.4, -0.2) is 9.97 Å². The maximum absolute atomic E-state index is 5.70. The van der Waals surface area contributed by atoms with Gasteiger partial charge in [-0.15, -0.1) is 0 Å². The summed E-state index contributed by atoms with van der Waals surface area (Å²) in [4.78, 5) is 7.96. The molecule has 0 radical (unpaired) electrons. The Morgan fingerprint density at radius 1 is 1.67 bits per heavy atom. The molecule has 0 aliphatic heterocycles. The van der Waals surface area contributed by atoms with Gasteiger partial charge in [-0.05, 0) is 6.92 Å². The van der Waals surface area contributed by atoms with Gasteiger partial charge in [-0.3, -0.25) is 0 Å². The molecular formula is C7H9ClN4. The van der Waals surface area contributed by atoms with Crippen molar-refractivity contribution >= 4 is 22.5 Å². The fourth-order valence-corrected chi connectivity index (χ4v) is 0.904. The third-order valence-electron chi connectivity index (χ3n) is 1.29. The van der Waals surface area contributed by atoms with Crippen LogP contribution in [0.3, 0.4) is 0 Å². The predicted octanol–water partition coefficient (Wildman–Crippen LogP) is 0.863. The lowest BCUT2D eigenvalue weighted by Gasteiger charge is -2.01. The lowest BCUT2D eigenvalue weighted by Crippen LogP contribution is -2.00. The number of anilines is 1. The second-order valence-electron chi connectivity index (χ2n) is 2.26. The van der Waals surface area contributed by atoms with Crippen molar-refractivity contribution < 1.29 is 0 Å². The molecule has 0 saturated heterocycles. The molecule has 12 heavy (non-hydrogen) atoms. The third-order valence-corrected chi connectivity index (χ3v) is 1.60. The van der Waals surface area contributed by atoms with Crippen molar-refractivity contribution in [2.45, 2.75) is 6.92 Å². The summed E-state index contributed by atoms with van der Waals surface area (Å²) in [5.41, 5.74) is 11.9. The SMILES string of the molecule is Cc1cnc(/C(Cl)=C\N)c(N)n1. The van der Waals surface area contributed by atoms with Crippen molar-refractivity contribution in [1.29, 1.82) is 0 Å². The van der Waals surface area contributed by atoms with Crippen molar-refractivity contribution in [2.24, 2.45) is 5.73 Å². The van der Waals surface area contributed by atoms with Crippen LogP contribution in [0, 0.1) is 6.92 Å². The van der Waals surface area contributed by atoms with Crippen molar-refractivity contribution in [3.05, 3.63) is 23.8 Å². The molecule has 1 aromatic heterocycles. The summed E-state index contributed by atoms with van der Waals surface area (Å²) in [5, 5.41) is 0.306. The lowest BCUT2D eigenvalue weighted by molar-refractivity contribution is 1.11. The van der Waals surface area contributed by atoms with Crippen LogP contribution in [0.15, 0.2) is 12.4 Å². The van der Waals surface area contributed by atoms with Crippen LogP contribution in [0.4, 0.5) is 5.82 Å². The summed E-state index contributed by atoms with van der Waals surface area (Å²) >= 11 is 5.70. The molecule has 5 heteroatoms. The molecule has 0 fully saturated rings. The van der Waals surface area contributed by atoms with E-state index in [1.54, 1.807) is 13.1 Å². The van der Waals surface area contributed by atoms with Gasteiger partial charge in [-0.25, -0.2) is 9.97 Å². The minimum atomic E-state index is 0.293. The summed E-state index contributed by atoms with van der Waals surface area (Å²) in [7, 11) is 0. The molecule has 0 spiro atoms. The molecule has 0 aliphatic rings. The highest BCUT2D eigenvalue weighted by atomic mass is 35.5. The maximum atomic E-state index is 5.70. The quantitative estimate of drug-likeness (QED) is 0.679. The number of rotatable bonds is 1. The first kappa shape index (κ1) is 8.80. The number of halogens is 1. The molecule has 0 bridgehead atoms. The molecule has 1 aromatic rings. The van der Waals surface area contributed by atoms with Gasteiger partial charge in [0.1, 0.15) is 5.69 Å². The van der Waals surface area contributed by atoms with Gasteiger partial charge in [0, 0.05) is 12.4 Å². The Bertz CT molecular complexity index is 321. The van der Waals surface area contributed by atoms with E-state index in [0.29, 0.717) is 16.5 Å². The van der Waals surface area contributed by atoms with Gasteiger partial charge >= 0.3 is 0 Å². The Kier molecular flexibility index (Phi) is 2.50. The Morgan fingerprint density at radius 2 is 2.33 bits per heavy atom. The smallest absolute Gasteiger partial charge is 0.151 e. The van der Waals surface area contributed by atoms with E-state index in [2.05, 4.69) is 9.97 Å². The van der Waals surface area contributed by atoms with Gasteiger partial charge in [-0.1, -0.05) is 11.6 Å². The monoisotopic (exact) mass is 184 g/mol. The minimum Gasteiger partial charge on any atom is -0.403 e. The highest BCUT2D eigenvalue weighted by Crippen LogP contribution is 2.19. The summed E-state index contributed by atoms with van der Waals surface area (Å²) in [5.74, 6) is 0.293. The zero-order valence-corrected chi connectivity index (χ0v) is 7.34. The number of aromatic nitrogens is 2. The molecule has 0 saturated carbocycles. The maximum Gasteiger partial charge on any atom is 0.151 e. The number of nitrogens with two attached hydrogens (primary N) is 2. The molecule has 0 aliphatic carbocycles. The van der Waals surface area contributed by atoms with Crippen LogP contribution in [0.5, 0.6) is 0 Å². The Labute approximate surface area is 75.3 Å². The van der Waals surface area contributed by atoms with Crippen LogP contribution >= 0.6 is 11.6 Å². The van der Waals surface area contributed by atoms with Gasteiger partial charge in [0.2, 0.25) is 0 Å². The lowest BCUT2D eigenvalue weighted by atomic mass is 10.3. The zero-order chi connectivity index (χ0) is 9.14. The van der Waals surface area contributed by atoms with Crippen LogP contribution in [0.1, 0.15) is 11.4 Å². The highest BCUT2D eigenvalue weighted by molar-refractivity contribution is 6.48. The number of hydrogen-bond acceptors (Lipinski definition) is 4. The zero-order valence-electron chi connectivity index (χ0n) is 6.58. The molecule has 4 nitrogen and oxygen atoms in total. The van der Waals surface area contributed by atoms with Crippen molar-refractivity contribution in [3.8, 4) is 0 Å². The van der Waals surface area contributed by atoms with Crippen LogP contribution in [0.25, 0.3) is 5.03 Å². The molecular weight excluding hydrogens is 176 g/mol. The first-order valence-electron chi connectivity index (χ1n) is 3.32. The number of nitrogen functional groups attached to an aromatic ring is 1. The summed E-state index contributed by atoms with van der Waals surface area (Å²) in [6.07, 6.45) is 2.81. The molecule has 4 N–H and O–H groups in total. The van der Waals surface area contributed by atoms with Crippen molar-refractivity contribution in [2.75, 3.05) is 5.73 Å². The van der Waals surface area contributed by atoms with E-state index in [0.717, 1.165) is 5.69 Å². The summed E-state index contributed by atoms with van der Waals surface area (Å²) < 4.78 is 0. The van der Waals surface area contributed by atoms with Crippen LogP contribution in [0.2, 0.25) is 0 Å². The molecule has 0 atom stereocenters. The predicted molar refractivity (Wildman–Crippen MR) is 49.2 cm³/mol. The Hall–Kier alpha value is -1.29. The van der Waals surface area contributed by atoms with Gasteiger partial charge in [0.15, 0.2) is 5.82 Å². The van der Waals surface area contributed by atoms with E-state index in [4.69, 9.17) is 23.1 Å². The summed E-state index contributed by atoms with van der Waals surface area (Å²) in [6, 6.07) is 0. The molecule has 0 aromatic carbocycles. The first-order valence-corrected chi connectivity index (χ1v) is 3.70. The van der Waals surface area contributed by atoms with E-state index in [-0.39, 0.29) is 0 Å². The first-order chi connectivity index (χ1) is 5.65. The third kappa shape index (κ3) is 1.65. The fourth-order valence-electron chi connectivity index (χ4n) is 0.759. The van der Waals surface area contributed by atoms with E-state index in [1.165, 1.54) is 6.20 Å². The molecule has 64 valence electrons. The highest BCUT2D eigenvalue weighted by Gasteiger charge is 2.05. The minimum absolute atomic E-state index is 0.293. The van der Waals surface area contributed by atoms with Crippen molar-refractivity contribution in [1.82, 2.24) is 9.97 Å². The molecule has 1 rings (SSSR count). The second-order valence-corrected chi connectivity index (χ2v) is 2.67. The van der Waals surface area contributed by atoms with Gasteiger partial charge in [0.05, 0.1) is 10.7 Å². The topological polar surface area (TPSA) is 77.8 Å². The average Bonchev–Trinajstić information content (AvgIpc) is 2.03. The summed E-state index contributed by atoms with van der Waals surface area (Å²) in [6.45, 7) is 1.80. The second kappa shape index (κ2) is 3.40. The average molecular weight is 185 g/mol. The van der Waals surface area contributed by atoms with Crippen molar-refractivity contribution in [3.63, 3.8) is 0 Å². The number of nitrogens with zero attached hydrogens (tertiary/aromatic N) is 2. The van der Waals surface area contributed by atoms with Gasteiger partial charge < -0.3 is 11.5 Å². The molecule has 0 amide bonds. The van der Waals surface area contributed by atoms with E-state index >= 15 is 0 Å². The standard InChI is InChI=1S/C7H9ClN4/c1-4-3-11-6(5(8)2-9)7(10)12-4/h2-3H,9H2,1H3,(H2,10,12)/b5-2+. The van der Waals surface area contributed by atoms with Crippen LogP contribution in [-0.2, 0) is 0 Å². The fraction of sp³-hybridized carbons (Fsp3) is 0.143. The molecule has 0 unspecified atom stereocenters. The van der Waals surface area contributed by atoms with E-state index in [9.17, 15) is 0 Å². The Morgan fingerprint density at radius 3 is 2.83 bits per heavy atom. The number of hydrogen-bond donors (Lipinski definition) is 2. The Balaban J connectivity index is 3.18. The van der Waals surface area contributed by atoms with Gasteiger partial charge in [-0.2, -0.15) is 0 Å². The van der Waals surface area contributed by atoms with E-state index < -0.39 is 0 Å². The van der Waals surface area contributed by atoms with Gasteiger partial charge in [0.25, 0.3) is 0 Å². The normalized spacial score (nSPS) is 11.7. The largest absolute Gasteiger partial charge is 0.403 e. The van der Waals surface area contributed by atoms with E-state index in [1.807, 2.05) is 0 Å². The number of aryl methyl sites for hydroxylation is 1. The molecule has 1 heterocycles.